The van der Waals surface area contributed by atoms with Crippen LogP contribution in [0.4, 0.5) is 11.8 Å². The molecule has 1 aliphatic carbocycles. The number of ether oxygens (including phenoxy) is 1. The third kappa shape index (κ3) is 4.24. The van der Waals surface area contributed by atoms with E-state index in [1.54, 1.807) is 17.0 Å². The second-order valence-electron chi connectivity index (χ2n) is 9.77. The predicted molar refractivity (Wildman–Crippen MR) is 137 cm³/mol. The summed E-state index contributed by atoms with van der Waals surface area (Å²) >= 11 is 6.72. The molecule has 1 aliphatic rings. The monoisotopic (exact) mass is 509 g/mol. The molecule has 0 aliphatic heterocycles. The van der Waals surface area contributed by atoms with Gasteiger partial charge < -0.3 is 25.5 Å². The van der Waals surface area contributed by atoms with E-state index < -0.39 is 0 Å². The largest absolute Gasteiger partial charge is 0.450 e. The van der Waals surface area contributed by atoms with E-state index in [2.05, 4.69) is 46.0 Å². The first-order chi connectivity index (χ1) is 17.2. The number of nitrogens with one attached hydrogen (secondary N) is 1. The Hall–Kier alpha value is -3.70. The van der Waals surface area contributed by atoms with Gasteiger partial charge in [0.1, 0.15) is 16.2 Å². The molecule has 36 heavy (non-hydrogen) atoms. The zero-order chi connectivity index (χ0) is 25.6. The molecule has 0 aromatic carbocycles. The first kappa shape index (κ1) is 24.0. The molecule has 0 radical (unpaired) electrons. The highest BCUT2D eigenvalue weighted by atomic mass is 35.5. The van der Waals surface area contributed by atoms with E-state index in [0.717, 1.165) is 18.5 Å². The van der Waals surface area contributed by atoms with Gasteiger partial charge in [0.05, 0.1) is 24.5 Å². The summed E-state index contributed by atoms with van der Waals surface area (Å²) in [5, 5.41) is 18.6. The zero-order valence-electron chi connectivity index (χ0n) is 20.5. The van der Waals surface area contributed by atoms with Crippen LogP contribution in [0.25, 0.3) is 16.9 Å². The van der Waals surface area contributed by atoms with E-state index in [4.69, 9.17) is 27.2 Å². The summed E-state index contributed by atoms with van der Waals surface area (Å²) in [6, 6.07) is 1.97. The number of nitrogens with two attached hydrogens (primary N) is 1. The van der Waals surface area contributed by atoms with Gasteiger partial charge in [-0.3, -0.25) is 9.67 Å². The number of fused-ring (bicyclic) bond motifs is 1. The van der Waals surface area contributed by atoms with Gasteiger partial charge >= 0.3 is 0 Å². The van der Waals surface area contributed by atoms with Crippen LogP contribution in [0.3, 0.4) is 0 Å². The van der Waals surface area contributed by atoms with Crippen molar-refractivity contribution in [2.45, 2.75) is 51.2 Å². The number of halogens is 1. The standard InChI is InChI=1S/C24H28ClN9O2/c1-24(2,3)18-9-19(32-34(18)14-5-6-15(14)35)30-23-31-22-21(33(23)4)20(25)17(12-29-22)36-16(10-26)13-11-27-7-8-28-13/h7-12,14-15,35H,5-6,26H2,1-4H3,(H,29,30,31,32)/b16-10+/t14-,15+/m0/s1. The SMILES string of the molecule is Cn1c(Nc2cc(C(C)(C)C)n([C@H]3CC[C@H]3O)n2)nc2ncc(O/C(=C/N)c3cnccn3)c(Cl)c21. The number of imidazole rings is 1. The number of pyridine rings is 1. The third-order valence-electron chi connectivity index (χ3n) is 6.25. The molecule has 5 rings (SSSR count). The molecule has 4 aromatic heterocycles. The molecule has 4 heterocycles. The summed E-state index contributed by atoms with van der Waals surface area (Å²) in [6.45, 7) is 6.38. The van der Waals surface area contributed by atoms with E-state index in [1.165, 1.54) is 18.6 Å². The smallest absolute Gasteiger partial charge is 0.210 e. The fourth-order valence-corrected chi connectivity index (χ4v) is 4.44. The highest BCUT2D eigenvalue weighted by Gasteiger charge is 2.35. The fraction of sp³-hybridized carbons (Fsp3) is 0.375. The molecule has 2 atom stereocenters. The summed E-state index contributed by atoms with van der Waals surface area (Å²) in [4.78, 5) is 17.3. The molecule has 0 spiro atoms. The first-order valence-electron chi connectivity index (χ1n) is 11.6. The van der Waals surface area contributed by atoms with Crippen molar-refractivity contribution in [1.29, 1.82) is 0 Å². The summed E-state index contributed by atoms with van der Waals surface area (Å²) in [5.74, 6) is 1.74. The van der Waals surface area contributed by atoms with Gasteiger partial charge in [-0.2, -0.15) is 10.1 Å². The maximum atomic E-state index is 10.2. The minimum absolute atomic E-state index is 0.0230. The molecule has 4 aromatic rings. The van der Waals surface area contributed by atoms with Crippen LogP contribution in [-0.2, 0) is 12.5 Å². The normalized spacial score (nSPS) is 18.3. The van der Waals surface area contributed by atoms with Crippen molar-refractivity contribution in [3.8, 4) is 5.75 Å². The van der Waals surface area contributed by atoms with Crippen molar-refractivity contribution in [3.05, 3.63) is 53.5 Å². The Kier molecular flexibility index (Phi) is 6.05. The van der Waals surface area contributed by atoms with Crippen LogP contribution < -0.4 is 15.8 Å². The van der Waals surface area contributed by atoms with E-state index >= 15 is 0 Å². The van der Waals surface area contributed by atoms with E-state index in [0.29, 0.717) is 45.2 Å². The number of aliphatic hydroxyl groups excluding tert-OH is 1. The van der Waals surface area contributed by atoms with Crippen LogP contribution in [0, 0.1) is 0 Å². The summed E-state index contributed by atoms with van der Waals surface area (Å²) in [5.41, 5.74) is 8.12. The van der Waals surface area contributed by atoms with Crippen molar-refractivity contribution in [3.63, 3.8) is 0 Å². The summed E-state index contributed by atoms with van der Waals surface area (Å²) in [6.07, 6.45) is 8.73. The van der Waals surface area contributed by atoms with Gasteiger partial charge in [-0.15, -0.1) is 0 Å². The van der Waals surface area contributed by atoms with Gasteiger partial charge in [0.2, 0.25) is 5.95 Å². The molecule has 4 N–H and O–H groups in total. The van der Waals surface area contributed by atoms with Crippen molar-refractivity contribution in [2.75, 3.05) is 5.32 Å². The Bertz CT molecular complexity index is 1440. The van der Waals surface area contributed by atoms with E-state index in [-0.39, 0.29) is 17.6 Å². The molecular formula is C24H28ClN9O2. The highest BCUT2D eigenvalue weighted by Crippen LogP contribution is 2.38. The van der Waals surface area contributed by atoms with Gasteiger partial charge in [0.15, 0.2) is 23.0 Å². The molecule has 0 saturated heterocycles. The Labute approximate surface area is 213 Å². The second kappa shape index (κ2) is 9.07. The Balaban J connectivity index is 1.47. The second-order valence-corrected chi connectivity index (χ2v) is 10.2. The number of hydrogen-bond donors (Lipinski definition) is 3. The van der Waals surface area contributed by atoms with Crippen LogP contribution in [0.5, 0.6) is 5.75 Å². The lowest BCUT2D eigenvalue weighted by Gasteiger charge is -2.35. The number of hydrogen-bond acceptors (Lipinski definition) is 9. The maximum absolute atomic E-state index is 10.2. The lowest BCUT2D eigenvalue weighted by Crippen LogP contribution is -2.37. The van der Waals surface area contributed by atoms with Crippen LogP contribution >= 0.6 is 11.6 Å². The van der Waals surface area contributed by atoms with Gasteiger partial charge in [-0.25, -0.2) is 9.97 Å². The molecule has 11 nitrogen and oxygen atoms in total. The molecule has 0 amide bonds. The number of anilines is 2. The molecule has 0 unspecified atom stereocenters. The minimum atomic E-state index is -0.384. The number of aliphatic hydroxyl groups is 1. The molecule has 188 valence electrons. The van der Waals surface area contributed by atoms with Gasteiger partial charge in [-0.1, -0.05) is 32.4 Å². The van der Waals surface area contributed by atoms with Crippen molar-refractivity contribution in [2.24, 2.45) is 12.8 Å². The molecule has 12 heteroatoms. The van der Waals surface area contributed by atoms with E-state index in [1.807, 2.05) is 17.8 Å². The molecule has 1 saturated carbocycles. The predicted octanol–water partition coefficient (Wildman–Crippen LogP) is 3.68. The Morgan fingerprint density at radius 2 is 2.06 bits per heavy atom. The quantitative estimate of drug-likeness (QED) is 0.332. The lowest BCUT2D eigenvalue weighted by atomic mass is 9.86. The number of nitrogens with zero attached hydrogens (tertiary/aromatic N) is 7. The van der Waals surface area contributed by atoms with Crippen molar-refractivity contribution >= 4 is 40.3 Å². The summed E-state index contributed by atoms with van der Waals surface area (Å²) < 4.78 is 9.65. The number of rotatable bonds is 6. The highest BCUT2D eigenvalue weighted by molar-refractivity contribution is 6.36. The maximum Gasteiger partial charge on any atom is 0.210 e. The average Bonchev–Trinajstić information content (AvgIpc) is 3.39. The molecule has 0 bridgehead atoms. The third-order valence-corrected chi connectivity index (χ3v) is 6.62. The van der Waals surface area contributed by atoms with Crippen molar-refractivity contribution < 1.29 is 9.84 Å². The van der Waals surface area contributed by atoms with Crippen LogP contribution in [-0.4, -0.2) is 45.5 Å². The molecule has 1 fully saturated rings. The topological polar surface area (TPSA) is 142 Å². The van der Waals surface area contributed by atoms with Crippen LogP contribution in [0.15, 0.2) is 37.1 Å². The lowest BCUT2D eigenvalue weighted by molar-refractivity contribution is 0.0227. The first-order valence-corrected chi connectivity index (χ1v) is 12.0. The summed E-state index contributed by atoms with van der Waals surface area (Å²) in [7, 11) is 1.83. The molecular weight excluding hydrogens is 482 g/mol. The number of aromatic nitrogens is 7. The van der Waals surface area contributed by atoms with Crippen LogP contribution in [0.1, 0.15) is 51.0 Å². The Morgan fingerprint density at radius 1 is 1.25 bits per heavy atom. The zero-order valence-corrected chi connectivity index (χ0v) is 21.2. The van der Waals surface area contributed by atoms with Crippen LogP contribution in [0.2, 0.25) is 5.02 Å². The Morgan fingerprint density at radius 3 is 2.67 bits per heavy atom. The van der Waals surface area contributed by atoms with Gasteiger partial charge in [0.25, 0.3) is 0 Å². The van der Waals surface area contributed by atoms with Gasteiger partial charge in [0, 0.05) is 42.8 Å². The van der Waals surface area contributed by atoms with Gasteiger partial charge in [-0.05, 0) is 12.8 Å². The average molecular weight is 510 g/mol. The number of aryl methyl sites for hydroxylation is 1. The van der Waals surface area contributed by atoms with E-state index in [9.17, 15) is 5.11 Å². The fourth-order valence-electron chi connectivity index (χ4n) is 4.15. The van der Waals surface area contributed by atoms with Crippen molar-refractivity contribution in [1.82, 2.24) is 34.3 Å². The minimum Gasteiger partial charge on any atom is -0.450 e.